The maximum Gasteiger partial charge on any atom is 0.258 e. The number of aromatic nitrogens is 2. The van der Waals surface area contributed by atoms with Gasteiger partial charge in [-0.1, -0.05) is 5.16 Å². The molecule has 0 aliphatic rings. The van der Waals surface area contributed by atoms with Gasteiger partial charge in [0, 0.05) is 24.8 Å². The van der Waals surface area contributed by atoms with E-state index in [2.05, 4.69) is 10.1 Å². The van der Waals surface area contributed by atoms with Gasteiger partial charge < -0.3 is 23.6 Å². The number of fused-ring (bicyclic) bond motifs is 1. The van der Waals surface area contributed by atoms with Gasteiger partial charge >= 0.3 is 0 Å². The predicted molar refractivity (Wildman–Crippen MR) is 103 cm³/mol. The van der Waals surface area contributed by atoms with Gasteiger partial charge in [0.05, 0.1) is 38.0 Å². The van der Waals surface area contributed by atoms with Gasteiger partial charge in [-0.2, -0.15) is 0 Å². The Morgan fingerprint density at radius 1 is 1.11 bits per heavy atom. The Balaban J connectivity index is 1.97. The van der Waals surface area contributed by atoms with Crippen LogP contribution in [-0.2, 0) is 6.54 Å². The number of methoxy groups -OCH3 is 3. The van der Waals surface area contributed by atoms with Crippen LogP contribution < -0.4 is 14.2 Å². The van der Waals surface area contributed by atoms with E-state index < -0.39 is 0 Å². The average Bonchev–Trinajstić information content (AvgIpc) is 3.06. The summed E-state index contributed by atoms with van der Waals surface area (Å²) < 4.78 is 21.5. The first-order valence-corrected chi connectivity index (χ1v) is 8.68. The zero-order valence-electron chi connectivity index (χ0n) is 16.8. The SMILES string of the molecule is COc1ccc(CN(C)C(=O)c2cc(C)nc3onc(C)c23)c(OC)c1OC. The fourth-order valence-corrected chi connectivity index (χ4v) is 3.21. The Hall–Kier alpha value is -3.29. The maximum atomic E-state index is 13.2. The lowest BCUT2D eigenvalue weighted by atomic mass is 10.1. The molecule has 0 unspecified atom stereocenters. The van der Waals surface area contributed by atoms with Crippen LogP contribution in [0.1, 0.15) is 27.3 Å². The average molecular weight is 385 g/mol. The molecular formula is C20H23N3O5. The van der Waals surface area contributed by atoms with E-state index in [1.807, 2.05) is 13.0 Å². The van der Waals surface area contributed by atoms with Crippen molar-refractivity contribution in [1.29, 1.82) is 0 Å². The molecule has 1 aromatic carbocycles. The molecule has 0 aliphatic heterocycles. The molecule has 3 rings (SSSR count). The van der Waals surface area contributed by atoms with E-state index in [9.17, 15) is 4.79 Å². The molecule has 0 saturated carbocycles. The number of rotatable bonds is 6. The zero-order valence-corrected chi connectivity index (χ0v) is 16.8. The van der Waals surface area contributed by atoms with E-state index >= 15 is 0 Å². The van der Waals surface area contributed by atoms with E-state index in [0.717, 1.165) is 5.56 Å². The van der Waals surface area contributed by atoms with Crippen molar-refractivity contribution < 1.29 is 23.5 Å². The first kappa shape index (κ1) is 19.5. The smallest absolute Gasteiger partial charge is 0.258 e. The summed E-state index contributed by atoms with van der Waals surface area (Å²) in [6.07, 6.45) is 0. The normalized spacial score (nSPS) is 10.8. The predicted octanol–water partition coefficient (Wildman–Crippen LogP) is 3.14. The van der Waals surface area contributed by atoms with Gasteiger partial charge in [0.2, 0.25) is 5.75 Å². The lowest BCUT2D eigenvalue weighted by Gasteiger charge is -2.21. The fourth-order valence-electron chi connectivity index (χ4n) is 3.21. The lowest BCUT2D eigenvalue weighted by molar-refractivity contribution is 0.0785. The number of aryl methyl sites for hydroxylation is 2. The summed E-state index contributed by atoms with van der Waals surface area (Å²) in [4.78, 5) is 19.1. The Bertz CT molecular complexity index is 1030. The molecule has 0 saturated heterocycles. The van der Waals surface area contributed by atoms with Gasteiger partial charge in [0.1, 0.15) is 0 Å². The van der Waals surface area contributed by atoms with Crippen LogP contribution in [-0.4, -0.2) is 49.3 Å². The van der Waals surface area contributed by atoms with Gasteiger partial charge in [-0.05, 0) is 32.0 Å². The molecule has 148 valence electrons. The number of hydrogen-bond acceptors (Lipinski definition) is 7. The summed E-state index contributed by atoms with van der Waals surface area (Å²) in [6.45, 7) is 3.91. The molecule has 28 heavy (non-hydrogen) atoms. The van der Waals surface area contributed by atoms with Gasteiger partial charge in [-0.25, -0.2) is 4.98 Å². The number of benzene rings is 1. The van der Waals surface area contributed by atoms with Crippen LogP contribution in [0.15, 0.2) is 22.7 Å². The summed E-state index contributed by atoms with van der Waals surface area (Å²) in [7, 11) is 6.39. The van der Waals surface area contributed by atoms with Crippen LogP contribution >= 0.6 is 0 Å². The monoisotopic (exact) mass is 385 g/mol. The molecule has 0 atom stereocenters. The van der Waals surface area contributed by atoms with E-state index in [-0.39, 0.29) is 5.91 Å². The molecule has 0 spiro atoms. The van der Waals surface area contributed by atoms with E-state index in [1.54, 1.807) is 52.3 Å². The van der Waals surface area contributed by atoms with Crippen molar-refractivity contribution in [3.8, 4) is 17.2 Å². The second-order valence-corrected chi connectivity index (χ2v) is 6.41. The molecular weight excluding hydrogens is 362 g/mol. The highest BCUT2D eigenvalue weighted by atomic mass is 16.5. The number of carbonyl (C=O) groups is 1. The molecule has 0 bridgehead atoms. The Labute approximate surface area is 163 Å². The Morgan fingerprint density at radius 3 is 2.46 bits per heavy atom. The van der Waals surface area contributed by atoms with Crippen LogP contribution in [0.4, 0.5) is 0 Å². The molecule has 8 nitrogen and oxygen atoms in total. The second-order valence-electron chi connectivity index (χ2n) is 6.41. The molecule has 3 aromatic rings. The van der Waals surface area contributed by atoms with E-state index in [4.69, 9.17) is 18.7 Å². The number of ether oxygens (including phenoxy) is 3. The molecule has 0 aliphatic carbocycles. The third-order valence-electron chi connectivity index (χ3n) is 4.52. The maximum absolute atomic E-state index is 13.2. The highest BCUT2D eigenvalue weighted by molar-refractivity contribution is 6.05. The fraction of sp³-hybridized carbons (Fsp3) is 0.350. The van der Waals surface area contributed by atoms with Gasteiger partial charge in [0.15, 0.2) is 11.5 Å². The van der Waals surface area contributed by atoms with Crippen molar-refractivity contribution in [3.05, 3.63) is 40.7 Å². The number of amides is 1. The Kier molecular flexibility index (Phi) is 5.39. The molecule has 0 N–H and O–H groups in total. The first-order valence-electron chi connectivity index (χ1n) is 8.68. The van der Waals surface area contributed by atoms with Crippen LogP contribution in [0, 0.1) is 13.8 Å². The summed E-state index contributed by atoms with van der Waals surface area (Å²) in [5.74, 6) is 1.40. The van der Waals surface area contributed by atoms with Crippen LogP contribution in [0.25, 0.3) is 11.1 Å². The van der Waals surface area contributed by atoms with Crippen molar-refractivity contribution in [1.82, 2.24) is 15.0 Å². The molecule has 0 radical (unpaired) electrons. The van der Waals surface area contributed by atoms with Crippen LogP contribution in [0.2, 0.25) is 0 Å². The van der Waals surface area contributed by atoms with Crippen molar-refractivity contribution >= 4 is 17.0 Å². The Morgan fingerprint density at radius 2 is 1.82 bits per heavy atom. The van der Waals surface area contributed by atoms with Crippen molar-refractivity contribution in [2.75, 3.05) is 28.4 Å². The van der Waals surface area contributed by atoms with E-state index in [1.165, 1.54) is 0 Å². The van der Waals surface area contributed by atoms with Crippen LogP contribution in [0.5, 0.6) is 17.2 Å². The van der Waals surface area contributed by atoms with E-state index in [0.29, 0.717) is 51.8 Å². The minimum absolute atomic E-state index is 0.168. The van der Waals surface area contributed by atoms with Crippen molar-refractivity contribution in [3.63, 3.8) is 0 Å². The number of pyridine rings is 1. The van der Waals surface area contributed by atoms with Crippen molar-refractivity contribution in [2.24, 2.45) is 0 Å². The summed E-state index contributed by atoms with van der Waals surface area (Å²) in [5, 5.41) is 4.56. The minimum Gasteiger partial charge on any atom is -0.493 e. The first-order chi connectivity index (χ1) is 13.4. The summed E-state index contributed by atoms with van der Waals surface area (Å²) in [6, 6.07) is 5.38. The summed E-state index contributed by atoms with van der Waals surface area (Å²) in [5.41, 5.74) is 2.97. The minimum atomic E-state index is -0.168. The highest BCUT2D eigenvalue weighted by Crippen LogP contribution is 2.40. The zero-order chi connectivity index (χ0) is 20.4. The highest BCUT2D eigenvalue weighted by Gasteiger charge is 2.23. The topological polar surface area (TPSA) is 86.9 Å². The number of hydrogen-bond donors (Lipinski definition) is 0. The molecule has 0 fully saturated rings. The molecule has 1 amide bonds. The van der Waals surface area contributed by atoms with Gasteiger partial charge in [-0.15, -0.1) is 0 Å². The standard InChI is InChI=1S/C20H23N3O5/c1-11-9-14(16-12(2)22-28-19(16)21-11)20(24)23(3)10-13-7-8-15(25-4)18(27-6)17(13)26-5/h7-9H,10H2,1-6H3. The quantitative estimate of drug-likeness (QED) is 0.644. The van der Waals surface area contributed by atoms with Gasteiger partial charge in [-0.3, -0.25) is 4.79 Å². The number of carbonyl (C=O) groups excluding carboxylic acids is 1. The second kappa shape index (κ2) is 7.75. The molecule has 2 heterocycles. The largest absolute Gasteiger partial charge is 0.493 e. The molecule has 8 heteroatoms. The van der Waals surface area contributed by atoms with Gasteiger partial charge in [0.25, 0.3) is 11.6 Å². The van der Waals surface area contributed by atoms with Crippen molar-refractivity contribution in [2.45, 2.75) is 20.4 Å². The van der Waals surface area contributed by atoms with Crippen LogP contribution in [0.3, 0.4) is 0 Å². The molecule has 2 aromatic heterocycles. The third kappa shape index (κ3) is 3.33. The lowest BCUT2D eigenvalue weighted by Crippen LogP contribution is -2.27. The number of nitrogens with zero attached hydrogens (tertiary/aromatic N) is 3. The summed E-state index contributed by atoms with van der Waals surface area (Å²) >= 11 is 0. The third-order valence-corrected chi connectivity index (χ3v) is 4.52.